The Hall–Kier alpha value is -1.60. The zero-order valence-electron chi connectivity index (χ0n) is 15.3. The highest BCUT2D eigenvalue weighted by atomic mass is 32.2. The summed E-state index contributed by atoms with van der Waals surface area (Å²) in [5.74, 6) is -1.34. The summed E-state index contributed by atoms with van der Waals surface area (Å²) in [6.07, 6.45) is 0. The van der Waals surface area contributed by atoms with Gasteiger partial charge in [-0.3, -0.25) is 18.7 Å². The highest BCUT2D eigenvalue weighted by Gasteiger charge is 2.54. The second kappa shape index (κ2) is 9.27. The predicted molar refractivity (Wildman–Crippen MR) is 120 cm³/mol. The molecule has 4 heterocycles. The minimum absolute atomic E-state index is 0.0143. The first-order chi connectivity index (χ1) is 14.5. The molecule has 0 saturated carbocycles. The molecule has 1 saturated heterocycles. The van der Waals surface area contributed by atoms with Crippen molar-refractivity contribution in [2.24, 2.45) is 0 Å². The molecule has 12 heteroatoms. The van der Waals surface area contributed by atoms with Gasteiger partial charge in [0.1, 0.15) is 22.9 Å². The highest BCUT2D eigenvalue weighted by molar-refractivity contribution is 8.02. The smallest absolute Gasteiger partial charge is 0.352 e. The van der Waals surface area contributed by atoms with Gasteiger partial charge in [0.2, 0.25) is 5.91 Å². The molecular formula is C18H16N2O5S5. The van der Waals surface area contributed by atoms with Crippen LogP contribution >= 0.6 is 46.2 Å². The molecule has 3 atom stereocenters. The van der Waals surface area contributed by atoms with Crippen LogP contribution in [-0.2, 0) is 25.2 Å². The second-order valence-electron chi connectivity index (χ2n) is 6.36. The van der Waals surface area contributed by atoms with E-state index in [2.05, 4.69) is 5.32 Å². The van der Waals surface area contributed by atoms with Crippen LogP contribution in [-0.4, -0.2) is 60.7 Å². The molecule has 0 bridgehead atoms. The molecule has 2 unspecified atom stereocenters. The van der Waals surface area contributed by atoms with Crippen LogP contribution in [0.3, 0.4) is 0 Å². The zero-order valence-corrected chi connectivity index (χ0v) is 19.4. The van der Waals surface area contributed by atoms with Gasteiger partial charge < -0.3 is 10.4 Å². The third kappa shape index (κ3) is 4.37. The number of hydrogen-bond donors (Lipinski definition) is 2. The van der Waals surface area contributed by atoms with Gasteiger partial charge >= 0.3 is 5.97 Å². The number of carbonyl (C=O) groups is 3. The summed E-state index contributed by atoms with van der Waals surface area (Å²) in [5.41, 5.74) is 0.708. The molecule has 2 aromatic rings. The van der Waals surface area contributed by atoms with E-state index in [4.69, 9.17) is 0 Å². The molecule has 7 nitrogen and oxygen atoms in total. The van der Waals surface area contributed by atoms with Crippen LogP contribution in [0.4, 0.5) is 0 Å². The monoisotopic (exact) mass is 500 g/mol. The van der Waals surface area contributed by atoms with E-state index >= 15 is 0 Å². The van der Waals surface area contributed by atoms with Crippen LogP contribution in [0.15, 0.2) is 54.7 Å². The van der Waals surface area contributed by atoms with Gasteiger partial charge in [0.25, 0.3) is 5.91 Å². The van der Waals surface area contributed by atoms with E-state index in [1.54, 1.807) is 40.6 Å². The number of carboxylic acid groups (broad SMARTS) is 1. The fraction of sp³-hybridized carbons (Fsp3) is 0.278. The number of β-lactam (4-membered cyclic amide) rings is 1. The summed E-state index contributed by atoms with van der Waals surface area (Å²) in [5, 5.41) is 15.6. The molecule has 158 valence electrons. The summed E-state index contributed by atoms with van der Waals surface area (Å²) in [6, 6.07) is 6.55. The van der Waals surface area contributed by atoms with Gasteiger partial charge in [-0.25, -0.2) is 4.79 Å². The molecule has 0 spiro atoms. The minimum Gasteiger partial charge on any atom is -0.477 e. The molecule has 30 heavy (non-hydrogen) atoms. The van der Waals surface area contributed by atoms with E-state index in [1.165, 1.54) is 28.0 Å². The van der Waals surface area contributed by atoms with Crippen molar-refractivity contribution in [2.75, 3.05) is 17.3 Å². The van der Waals surface area contributed by atoms with E-state index in [9.17, 15) is 23.7 Å². The number of carbonyl (C=O) groups excluding carboxylic acids is 2. The van der Waals surface area contributed by atoms with Crippen LogP contribution in [0.25, 0.3) is 0 Å². The van der Waals surface area contributed by atoms with E-state index in [1.807, 2.05) is 17.5 Å². The van der Waals surface area contributed by atoms with Crippen molar-refractivity contribution in [3.63, 3.8) is 0 Å². The van der Waals surface area contributed by atoms with Crippen LogP contribution in [0.5, 0.6) is 0 Å². The van der Waals surface area contributed by atoms with E-state index in [-0.39, 0.29) is 11.4 Å². The molecule has 2 aliphatic heterocycles. The Morgan fingerprint density at radius 2 is 2.03 bits per heavy atom. The highest BCUT2D eigenvalue weighted by Crippen LogP contribution is 2.41. The van der Waals surface area contributed by atoms with Crippen molar-refractivity contribution in [1.29, 1.82) is 0 Å². The van der Waals surface area contributed by atoms with Crippen LogP contribution in [0, 0.1) is 0 Å². The van der Waals surface area contributed by atoms with Gasteiger partial charge in [-0.15, -0.1) is 46.2 Å². The minimum atomic E-state index is -1.47. The number of nitrogens with zero attached hydrogens (tertiary/aromatic N) is 1. The predicted octanol–water partition coefficient (Wildman–Crippen LogP) is 2.45. The lowest BCUT2D eigenvalue weighted by Crippen LogP contribution is -2.70. The average molecular weight is 501 g/mol. The number of fused-ring (bicyclic) bond motifs is 1. The van der Waals surface area contributed by atoms with Crippen LogP contribution in [0.2, 0.25) is 0 Å². The number of hydrogen-bond acceptors (Lipinski definition) is 8. The van der Waals surface area contributed by atoms with Crippen molar-refractivity contribution in [3.8, 4) is 0 Å². The molecule has 0 aliphatic carbocycles. The maximum Gasteiger partial charge on any atom is 0.352 e. The van der Waals surface area contributed by atoms with Crippen molar-refractivity contribution in [3.05, 3.63) is 46.3 Å². The number of amides is 2. The van der Waals surface area contributed by atoms with Crippen molar-refractivity contribution in [2.45, 2.75) is 19.8 Å². The standard InChI is InChI=1S/C18H16N2O5S5/c21-11(9-30(25)13-4-2-6-27-13)19-14-16(22)20-15(18(23)24)10(8-29-17(14)20)7-28-12-3-1-5-26-12/h1-6,14,17H,7-9H2,(H,19,21)(H,23,24)/t14?,17-,30?/m1/s1. The largest absolute Gasteiger partial charge is 0.477 e. The second-order valence-corrected chi connectivity index (χ2v) is 12.3. The number of rotatable bonds is 8. The van der Waals surface area contributed by atoms with Crippen molar-refractivity contribution >= 4 is 74.8 Å². The molecule has 0 aromatic carbocycles. The molecule has 2 aromatic heterocycles. The number of thiophene rings is 2. The van der Waals surface area contributed by atoms with Gasteiger partial charge in [0, 0.05) is 11.5 Å². The number of nitrogens with one attached hydrogen (secondary N) is 1. The maximum atomic E-state index is 12.7. The lowest BCUT2D eigenvalue weighted by atomic mass is 10.0. The Balaban J connectivity index is 1.41. The third-order valence-electron chi connectivity index (χ3n) is 4.43. The van der Waals surface area contributed by atoms with Crippen molar-refractivity contribution in [1.82, 2.24) is 10.2 Å². The number of carboxylic acids is 1. The topological polar surface area (TPSA) is 104 Å². The zero-order chi connectivity index (χ0) is 21.3. The van der Waals surface area contributed by atoms with E-state index in [0.717, 1.165) is 4.21 Å². The first-order valence-corrected chi connectivity index (χ1v) is 13.8. The fourth-order valence-corrected chi connectivity index (χ4v) is 8.28. The van der Waals surface area contributed by atoms with Gasteiger partial charge in [-0.05, 0) is 28.5 Å². The summed E-state index contributed by atoms with van der Waals surface area (Å²) in [4.78, 5) is 38.1. The van der Waals surface area contributed by atoms with E-state index in [0.29, 0.717) is 21.3 Å². The molecule has 4 rings (SSSR count). The first-order valence-electron chi connectivity index (χ1n) is 8.73. The molecule has 1 fully saturated rings. The Morgan fingerprint density at radius 3 is 2.70 bits per heavy atom. The summed E-state index contributed by atoms with van der Waals surface area (Å²) < 4.78 is 13.9. The van der Waals surface area contributed by atoms with Crippen molar-refractivity contribution < 1.29 is 23.7 Å². The summed E-state index contributed by atoms with van der Waals surface area (Å²) in [7, 11) is -1.47. The quantitative estimate of drug-likeness (QED) is 0.424. The molecule has 2 aliphatic rings. The van der Waals surface area contributed by atoms with Gasteiger partial charge in [-0.1, -0.05) is 12.1 Å². The third-order valence-corrected chi connectivity index (χ3v) is 10.6. The van der Waals surface area contributed by atoms with E-state index < -0.39 is 40.0 Å². The SMILES string of the molecule is O=C(CS(=O)c1cccs1)NC1C(=O)N2C(C(=O)O)=C(CSc3cccs3)CS[C@H]12. The van der Waals surface area contributed by atoms with Crippen LogP contribution in [0.1, 0.15) is 0 Å². The summed E-state index contributed by atoms with van der Waals surface area (Å²) in [6.45, 7) is 0. The molecular weight excluding hydrogens is 485 g/mol. The molecule has 0 radical (unpaired) electrons. The number of aliphatic carboxylic acids is 1. The van der Waals surface area contributed by atoms with Gasteiger partial charge in [-0.2, -0.15) is 0 Å². The normalized spacial score (nSPS) is 21.7. The Morgan fingerprint density at radius 1 is 1.27 bits per heavy atom. The Kier molecular flexibility index (Phi) is 6.68. The molecule has 2 amide bonds. The Labute approximate surface area is 191 Å². The number of thioether (sulfide) groups is 2. The van der Waals surface area contributed by atoms with Crippen LogP contribution < -0.4 is 5.32 Å². The van der Waals surface area contributed by atoms with Gasteiger partial charge in [0.15, 0.2) is 0 Å². The maximum absolute atomic E-state index is 12.7. The lowest BCUT2D eigenvalue weighted by Gasteiger charge is -2.49. The lowest BCUT2D eigenvalue weighted by molar-refractivity contribution is -0.150. The Bertz CT molecular complexity index is 1020. The first kappa shape index (κ1) is 21.6. The molecule has 2 N–H and O–H groups in total. The van der Waals surface area contributed by atoms with Gasteiger partial charge in [0.05, 0.1) is 19.2 Å². The fourth-order valence-electron chi connectivity index (χ4n) is 3.10. The summed E-state index contributed by atoms with van der Waals surface area (Å²) >= 11 is 5.87. The average Bonchev–Trinajstić information content (AvgIpc) is 3.43.